The lowest BCUT2D eigenvalue weighted by molar-refractivity contribution is -0.129. The molecule has 1 amide bonds. The number of ketones is 1. The Morgan fingerprint density at radius 2 is 1.93 bits per heavy atom. The Balaban J connectivity index is 0.00000320. The number of nitrogens with one attached hydrogen (secondary N) is 1. The minimum atomic E-state index is -0.777. The van der Waals surface area contributed by atoms with Gasteiger partial charge in [-0.3, -0.25) is 9.59 Å². The number of benzene rings is 1. The summed E-state index contributed by atoms with van der Waals surface area (Å²) in [7, 11) is 0. The zero-order chi connectivity index (χ0) is 21.2. The normalized spacial score (nSPS) is 24.5. The number of amides is 1. The van der Waals surface area contributed by atoms with Crippen LogP contribution in [0.15, 0.2) is 24.3 Å². The summed E-state index contributed by atoms with van der Waals surface area (Å²) in [5.74, 6) is 1.23. The molecule has 0 bridgehead atoms. The molecule has 1 aliphatic heterocycles. The number of Topliss-reactive ketones (excluding diaryl/α,β-unsaturated/α-hetero) is 1. The minimum Gasteiger partial charge on any atom is -0.367 e. The molecule has 1 saturated heterocycles. The quantitative estimate of drug-likeness (QED) is 0.650. The van der Waals surface area contributed by atoms with E-state index in [2.05, 4.69) is 64.2 Å². The number of rotatable bonds is 7. The van der Waals surface area contributed by atoms with Gasteiger partial charge in [0, 0.05) is 5.75 Å². The van der Waals surface area contributed by atoms with Gasteiger partial charge in [0.15, 0.2) is 5.78 Å². The molecule has 1 heterocycles. The van der Waals surface area contributed by atoms with Gasteiger partial charge in [0.25, 0.3) is 0 Å². The molecule has 2 fully saturated rings. The highest BCUT2D eigenvalue weighted by atomic mass is 32.2. The Kier molecular flexibility index (Phi) is 8.51. The van der Waals surface area contributed by atoms with Crippen molar-refractivity contribution in [2.24, 2.45) is 5.92 Å². The summed E-state index contributed by atoms with van der Waals surface area (Å²) in [6.07, 6.45) is 3.14. The largest absolute Gasteiger partial charge is 0.367 e. The minimum absolute atomic E-state index is 0. The van der Waals surface area contributed by atoms with Crippen LogP contribution in [-0.4, -0.2) is 35.2 Å². The number of carbonyl (C=O) groups excluding carboxylic acids is 2. The molecule has 168 valence electrons. The monoisotopic (exact) mass is 451 g/mol. The summed E-state index contributed by atoms with van der Waals surface area (Å²) in [6, 6.07) is 8.70. The van der Waals surface area contributed by atoms with Crippen LogP contribution in [0.2, 0.25) is 0 Å². The van der Waals surface area contributed by atoms with Gasteiger partial charge in [0.1, 0.15) is 12.1 Å². The third-order valence-electron chi connectivity index (χ3n) is 6.10. The second-order valence-corrected chi connectivity index (χ2v) is 11.1. The molecule has 0 aromatic heterocycles. The lowest BCUT2D eigenvalue weighted by atomic mass is 9.87. The second kappa shape index (κ2) is 10.1. The van der Waals surface area contributed by atoms with Crippen LogP contribution in [0, 0.1) is 5.92 Å². The first-order chi connectivity index (χ1) is 13.6. The van der Waals surface area contributed by atoms with Crippen LogP contribution in [-0.2, 0) is 25.5 Å². The van der Waals surface area contributed by atoms with Gasteiger partial charge < -0.3 is 10.1 Å². The summed E-state index contributed by atoms with van der Waals surface area (Å²) in [4.78, 5) is 25.7. The van der Waals surface area contributed by atoms with E-state index in [0.29, 0.717) is 12.3 Å². The van der Waals surface area contributed by atoms with Crippen molar-refractivity contribution >= 4 is 36.9 Å². The highest BCUT2D eigenvalue weighted by molar-refractivity contribution is 7.99. The number of fused-ring (bicyclic) bond motifs is 1. The summed E-state index contributed by atoms with van der Waals surface area (Å²) < 4.78 is 5.65. The fraction of sp³-hybridized carbons (Fsp3) is 0.667. The molecule has 0 radical (unpaired) electrons. The number of ether oxygens (including phenoxy) is 1. The fourth-order valence-corrected chi connectivity index (χ4v) is 5.63. The standard InChI is InChI=1S/C24H35NO3S.H2S/c1-16(2)13-19(29-15-17-8-10-18(11-9-17)23(3,4)5)22(27)25-24-12-6-7-21(24)28-14-20(24)26;/h8-11,16,19,21H,6-7,12-15H2,1-5H3,(H,25,27);1H2/t19-,21+,24-;/m0./s1. The van der Waals surface area contributed by atoms with Crippen molar-refractivity contribution in [2.45, 2.75) is 88.4 Å². The molecule has 1 saturated carbocycles. The Hall–Kier alpha value is -0.980. The predicted molar refractivity (Wildman–Crippen MR) is 130 cm³/mol. The number of carbonyl (C=O) groups is 2. The Labute approximate surface area is 192 Å². The Bertz CT molecular complexity index is 742. The molecular formula is C24H37NO3S2. The van der Waals surface area contributed by atoms with Gasteiger partial charge in [0.05, 0.1) is 11.4 Å². The van der Waals surface area contributed by atoms with Gasteiger partial charge in [0.2, 0.25) is 5.91 Å². The van der Waals surface area contributed by atoms with Gasteiger partial charge in [-0.15, -0.1) is 11.8 Å². The van der Waals surface area contributed by atoms with Crippen molar-refractivity contribution in [2.75, 3.05) is 6.61 Å². The molecule has 1 N–H and O–H groups in total. The van der Waals surface area contributed by atoms with E-state index in [1.54, 1.807) is 11.8 Å². The van der Waals surface area contributed by atoms with Crippen LogP contribution in [0.4, 0.5) is 0 Å². The van der Waals surface area contributed by atoms with Crippen LogP contribution in [0.1, 0.15) is 71.4 Å². The van der Waals surface area contributed by atoms with E-state index in [1.165, 1.54) is 11.1 Å². The van der Waals surface area contributed by atoms with Crippen LogP contribution in [0.25, 0.3) is 0 Å². The average molecular weight is 452 g/mol. The van der Waals surface area contributed by atoms with E-state index >= 15 is 0 Å². The van der Waals surface area contributed by atoms with Crippen molar-refractivity contribution in [1.82, 2.24) is 5.32 Å². The van der Waals surface area contributed by atoms with Crippen LogP contribution in [0.5, 0.6) is 0 Å². The van der Waals surface area contributed by atoms with E-state index in [4.69, 9.17) is 4.74 Å². The zero-order valence-corrected chi connectivity index (χ0v) is 20.7. The lowest BCUT2D eigenvalue weighted by Crippen LogP contribution is -2.57. The molecule has 0 spiro atoms. The molecule has 0 unspecified atom stereocenters. The summed E-state index contributed by atoms with van der Waals surface area (Å²) in [5.41, 5.74) is 1.90. The SMILES string of the molecule is CC(C)C[C@H](SCc1ccc(C(C)(C)C)cc1)C(=O)N[C@]12CCC[C@H]1OCC2=O.S. The van der Waals surface area contributed by atoms with Crippen molar-refractivity contribution in [1.29, 1.82) is 0 Å². The molecule has 3 atom stereocenters. The fourth-order valence-electron chi connectivity index (χ4n) is 4.31. The van der Waals surface area contributed by atoms with E-state index in [-0.39, 0.29) is 48.6 Å². The topological polar surface area (TPSA) is 55.4 Å². The van der Waals surface area contributed by atoms with E-state index in [9.17, 15) is 9.59 Å². The molecule has 1 aliphatic carbocycles. The first-order valence-corrected chi connectivity index (χ1v) is 11.8. The second-order valence-electron chi connectivity index (χ2n) is 9.95. The summed E-state index contributed by atoms with van der Waals surface area (Å²) in [5, 5.41) is 2.98. The third-order valence-corrected chi connectivity index (χ3v) is 7.40. The zero-order valence-electron chi connectivity index (χ0n) is 18.9. The number of thioether (sulfide) groups is 1. The first kappa shape index (κ1) is 25.3. The molecule has 1 aromatic rings. The molecular weight excluding hydrogens is 414 g/mol. The maximum atomic E-state index is 13.2. The molecule has 3 rings (SSSR count). The van der Waals surface area contributed by atoms with Crippen molar-refractivity contribution in [3.8, 4) is 0 Å². The average Bonchev–Trinajstić information content (AvgIpc) is 3.18. The Morgan fingerprint density at radius 1 is 1.27 bits per heavy atom. The van der Waals surface area contributed by atoms with E-state index in [0.717, 1.165) is 25.0 Å². The van der Waals surface area contributed by atoms with Gasteiger partial charge in [-0.1, -0.05) is 58.9 Å². The predicted octanol–water partition coefficient (Wildman–Crippen LogP) is 4.75. The van der Waals surface area contributed by atoms with Gasteiger partial charge in [-0.05, 0) is 48.1 Å². The molecule has 6 heteroatoms. The molecule has 1 aromatic carbocycles. The van der Waals surface area contributed by atoms with Crippen LogP contribution in [0.3, 0.4) is 0 Å². The molecule has 30 heavy (non-hydrogen) atoms. The maximum absolute atomic E-state index is 13.2. The highest BCUT2D eigenvalue weighted by Gasteiger charge is 2.55. The number of hydrogen-bond donors (Lipinski definition) is 1. The summed E-state index contributed by atoms with van der Waals surface area (Å²) >= 11 is 1.68. The lowest BCUT2D eigenvalue weighted by Gasteiger charge is -2.30. The first-order valence-electron chi connectivity index (χ1n) is 10.8. The highest BCUT2D eigenvalue weighted by Crippen LogP contribution is 2.38. The van der Waals surface area contributed by atoms with E-state index in [1.807, 2.05) is 0 Å². The van der Waals surface area contributed by atoms with Gasteiger partial charge >= 0.3 is 0 Å². The number of hydrogen-bond acceptors (Lipinski definition) is 4. The summed E-state index contributed by atoms with van der Waals surface area (Å²) in [6.45, 7) is 11.0. The Morgan fingerprint density at radius 3 is 2.53 bits per heavy atom. The maximum Gasteiger partial charge on any atom is 0.234 e. The van der Waals surface area contributed by atoms with Crippen LogP contribution >= 0.6 is 25.3 Å². The van der Waals surface area contributed by atoms with Gasteiger partial charge in [-0.2, -0.15) is 13.5 Å². The van der Waals surface area contributed by atoms with Crippen molar-refractivity contribution in [3.63, 3.8) is 0 Å². The smallest absolute Gasteiger partial charge is 0.234 e. The van der Waals surface area contributed by atoms with Crippen molar-refractivity contribution < 1.29 is 14.3 Å². The van der Waals surface area contributed by atoms with E-state index < -0.39 is 5.54 Å². The van der Waals surface area contributed by atoms with Gasteiger partial charge in [-0.25, -0.2) is 0 Å². The molecule has 4 nitrogen and oxygen atoms in total. The third kappa shape index (κ3) is 5.63. The molecule has 2 aliphatic rings. The van der Waals surface area contributed by atoms with Crippen molar-refractivity contribution in [3.05, 3.63) is 35.4 Å². The van der Waals surface area contributed by atoms with Crippen LogP contribution < -0.4 is 5.32 Å².